The van der Waals surface area contributed by atoms with E-state index in [-0.39, 0.29) is 0 Å². The molecule has 92 valence electrons. The van der Waals surface area contributed by atoms with Gasteiger partial charge in [0.05, 0.1) is 4.99 Å². The van der Waals surface area contributed by atoms with Gasteiger partial charge in [-0.25, -0.2) is 0 Å². The number of hydrogen-bond donors (Lipinski definition) is 1. The van der Waals surface area contributed by atoms with Crippen LogP contribution in [0.3, 0.4) is 0 Å². The van der Waals surface area contributed by atoms with Gasteiger partial charge < -0.3 is 10.6 Å². The molecule has 0 spiro atoms. The minimum absolute atomic E-state index is 0.677. The Balaban J connectivity index is 1.58. The molecule has 2 nitrogen and oxygen atoms in total. The Kier molecular flexibility index (Phi) is 4.59. The zero-order valence-electron chi connectivity index (χ0n) is 10.2. The summed E-state index contributed by atoms with van der Waals surface area (Å²) in [6.45, 7) is 3.96. The molecule has 0 aromatic heterocycles. The zero-order chi connectivity index (χ0) is 11.4. The highest BCUT2D eigenvalue weighted by Gasteiger charge is 2.28. The highest BCUT2D eigenvalue weighted by atomic mass is 32.1. The van der Waals surface area contributed by atoms with Crippen molar-refractivity contribution in [2.24, 2.45) is 17.6 Å². The van der Waals surface area contributed by atoms with Crippen molar-refractivity contribution in [3.63, 3.8) is 0 Å². The molecule has 0 radical (unpaired) electrons. The Bertz CT molecular complexity index is 220. The predicted octanol–water partition coefficient (Wildman–Crippen LogP) is 2.56. The van der Waals surface area contributed by atoms with Crippen molar-refractivity contribution < 1.29 is 0 Å². The minimum atomic E-state index is 0.677. The molecule has 0 saturated heterocycles. The van der Waals surface area contributed by atoms with Crippen LogP contribution in [0.1, 0.15) is 44.9 Å². The number of rotatable bonds is 9. The lowest BCUT2D eigenvalue weighted by atomic mass is 10.2. The van der Waals surface area contributed by atoms with Gasteiger partial charge in [0.2, 0.25) is 0 Å². The lowest BCUT2D eigenvalue weighted by Gasteiger charge is -2.21. The molecule has 3 heteroatoms. The fraction of sp³-hybridized carbons (Fsp3) is 0.923. The molecule has 2 N–H and O–H groups in total. The molecule has 0 heterocycles. The second-order valence-corrected chi connectivity index (χ2v) is 6.09. The van der Waals surface area contributed by atoms with Crippen LogP contribution in [0.2, 0.25) is 0 Å². The normalized spacial score (nSPS) is 20.3. The van der Waals surface area contributed by atoms with E-state index in [1.165, 1.54) is 58.2 Å². The lowest BCUT2D eigenvalue weighted by molar-refractivity contribution is 0.248. The summed E-state index contributed by atoms with van der Waals surface area (Å²) < 4.78 is 0. The first-order chi connectivity index (χ1) is 7.74. The van der Waals surface area contributed by atoms with Gasteiger partial charge in [0.1, 0.15) is 0 Å². The molecule has 2 aliphatic carbocycles. The van der Waals surface area contributed by atoms with Crippen LogP contribution in [-0.2, 0) is 0 Å². The van der Waals surface area contributed by atoms with Crippen LogP contribution in [0.4, 0.5) is 0 Å². The Morgan fingerprint density at radius 3 is 2.06 bits per heavy atom. The fourth-order valence-corrected chi connectivity index (χ4v) is 2.37. The van der Waals surface area contributed by atoms with E-state index in [0.717, 1.165) is 18.3 Å². The predicted molar refractivity (Wildman–Crippen MR) is 72.5 cm³/mol. The molecule has 0 amide bonds. The summed E-state index contributed by atoms with van der Waals surface area (Å²) in [4.78, 5) is 3.37. The van der Waals surface area contributed by atoms with Gasteiger partial charge in [0.15, 0.2) is 0 Å². The smallest absolute Gasteiger partial charge is 0.0727 e. The third-order valence-corrected chi connectivity index (χ3v) is 3.78. The van der Waals surface area contributed by atoms with E-state index < -0.39 is 0 Å². The fourth-order valence-electron chi connectivity index (χ4n) is 2.22. The highest BCUT2D eigenvalue weighted by molar-refractivity contribution is 7.80. The van der Waals surface area contributed by atoms with Crippen LogP contribution in [0.5, 0.6) is 0 Å². The molecule has 0 unspecified atom stereocenters. The summed E-state index contributed by atoms with van der Waals surface area (Å²) in [5, 5.41) is 0. The Morgan fingerprint density at radius 2 is 1.62 bits per heavy atom. The first kappa shape index (κ1) is 12.3. The molecule has 0 aliphatic heterocycles. The van der Waals surface area contributed by atoms with Crippen LogP contribution >= 0.6 is 12.2 Å². The number of nitrogens with zero attached hydrogens (tertiary/aromatic N) is 1. The van der Waals surface area contributed by atoms with Crippen molar-refractivity contribution in [2.75, 3.05) is 19.6 Å². The van der Waals surface area contributed by atoms with Crippen LogP contribution in [-0.4, -0.2) is 29.5 Å². The van der Waals surface area contributed by atoms with Gasteiger partial charge in [-0.1, -0.05) is 12.2 Å². The van der Waals surface area contributed by atoms with E-state index in [1.54, 1.807) is 0 Å². The SMILES string of the molecule is NC(=S)CCCCN(CC1CC1)CC1CC1. The van der Waals surface area contributed by atoms with Gasteiger partial charge in [-0.15, -0.1) is 0 Å². The molecule has 2 rings (SSSR count). The molecule has 16 heavy (non-hydrogen) atoms. The molecule has 0 aromatic rings. The van der Waals surface area contributed by atoms with Crippen LogP contribution in [0.25, 0.3) is 0 Å². The second-order valence-electron chi connectivity index (χ2n) is 5.57. The lowest BCUT2D eigenvalue weighted by Crippen LogP contribution is -2.29. The summed E-state index contributed by atoms with van der Waals surface area (Å²) >= 11 is 4.90. The van der Waals surface area contributed by atoms with Gasteiger partial charge in [0.25, 0.3) is 0 Å². The molecular weight excluding hydrogens is 216 g/mol. The summed E-state index contributed by atoms with van der Waals surface area (Å²) in [6.07, 6.45) is 9.22. The minimum Gasteiger partial charge on any atom is -0.393 e. The third-order valence-electron chi connectivity index (χ3n) is 3.57. The number of hydrogen-bond acceptors (Lipinski definition) is 2. The summed E-state index contributed by atoms with van der Waals surface area (Å²) in [7, 11) is 0. The van der Waals surface area contributed by atoms with E-state index in [4.69, 9.17) is 18.0 Å². The summed E-state index contributed by atoms with van der Waals surface area (Å²) in [5.74, 6) is 2.05. The molecule has 0 aromatic carbocycles. The van der Waals surface area contributed by atoms with Gasteiger partial charge in [0, 0.05) is 13.1 Å². The number of thiocarbonyl (C=S) groups is 1. The number of unbranched alkanes of at least 4 members (excludes halogenated alkanes) is 1. The van der Waals surface area contributed by atoms with E-state index in [2.05, 4.69) is 4.90 Å². The summed E-state index contributed by atoms with van der Waals surface area (Å²) in [5.41, 5.74) is 5.51. The van der Waals surface area contributed by atoms with E-state index in [9.17, 15) is 0 Å². The van der Waals surface area contributed by atoms with E-state index >= 15 is 0 Å². The largest absolute Gasteiger partial charge is 0.393 e. The van der Waals surface area contributed by atoms with E-state index in [0.29, 0.717) is 4.99 Å². The monoisotopic (exact) mass is 240 g/mol. The molecule has 2 aliphatic rings. The molecule has 0 atom stereocenters. The Hall–Kier alpha value is -0.150. The molecule has 2 saturated carbocycles. The highest BCUT2D eigenvalue weighted by Crippen LogP contribution is 2.33. The molecule has 2 fully saturated rings. The first-order valence-corrected chi connectivity index (χ1v) is 7.15. The van der Waals surface area contributed by atoms with E-state index in [1.807, 2.05) is 0 Å². The van der Waals surface area contributed by atoms with Crippen molar-refractivity contribution in [1.82, 2.24) is 4.90 Å². The van der Waals surface area contributed by atoms with Crippen molar-refractivity contribution in [1.29, 1.82) is 0 Å². The topological polar surface area (TPSA) is 29.3 Å². The van der Waals surface area contributed by atoms with Gasteiger partial charge >= 0.3 is 0 Å². The van der Waals surface area contributed by atoms with Gasteiger partial charge in [-0.05, 0) is 63.3 Å². The average molecular weight is 240 g/mol. The third kappa shape index (κ3) is 5.26. The maximum absolute atomic E-state index is 5.51. The molecule has 0 bridgehead atoms. The first-order valence-electron chi connectivity index (χ1n) is 6.74. The van der Waals surface area contributed by atoms with Gasteiger partial charge in [-0.2, -0.15) is 0 Å². The van der Waals surface area contributed by atoms with Crippen molar-refractivity contribution in [2.45, 2.75) is 44.9 Å². The van der Waals surface area contributed by atoms with Crippen LogP contribution in [0, 0.1) is 11.8 Å². The van der Waals surface area contributed by atoms with Crippen molar-refractivity contribution in [3.05, 3.63) is 0 Å². The average Bonchev–Trinajstić information content (AvgIpc) is 3.06. The van der Waals surface area contributed by atoms with Gasteiger partial charge in [-0.3, -0.25) is 0 Å². The summed E-state index contributed by atoms with van der Waals surface area (Å²) in [6, 6.07) is 0. The second kappa shape index (κ2) is 5.97. The van der Waals surface area contributed by atoms with Crippen molar-refractivity contribution >= 4 is 17.2 Å². The maximum Gasteiger partial charge on any atom is 0.0727 e. The maximum atomic E-state index is 5.51. The Labute approximate surface area is 105 Å². The Morgan fingerprint density at radius 1 is 1.06 bits per heavy atom. The standard InChI is InChI=1S/C13H24N2S/c14-13(16)3-1-2-8-15(9-11-4-5-11)10-12-6-7-12/h11-12H,1-10H2,(H2,14,16). The molecular formula is C13H24N2S. The number of nitrogens with two attached hydrogens (primary N) is 1. The zero-order valence-corrected chi connectivity index (χ0v) is 11.0. The quantitative estimate of drug-likeness (QED) is 0.496. The van der Waals surface area contributed by atoms with Crippen LogP contribution < -0.4 is 5.73 Å². The van der Waals surface area contributed by atoms with Crippen molar-refractivity contribution in [3.8, 4) is 0 Å². The van der Waals surface area contributed by atoms with Crippen LogP contribution in [0.15, 0.2) is 0 Å².